The van der Waals surface area contributed by atoms with Crippen molar-refractivity contribution in [3.05, 3.63) is 35.9 Å². The molecule has 0 bridgehead atoms. The third-order valence-electron chi connectivity index (χ3n) is 3.48. The summed E-state index contributed by atoms with van der Waals surface area (Å²) in [6.07, 6.45) is 3.25. The molecule has 0 spiro atoms. The normalized spacial score (nSPS) is 23.5. The van der Waals surface area contributed by atoms with Crippen LogP contribution in [0.15, 0.2) is 30.3 Å². The summed E-state index contributed by atoms with van der Waals surface area (Å²) in [5.74, 6) is 0.172. The van der Waals surface area contributed by atoms with Gasteiger partial charge in [0, 0.05) is 26.6 Å². The molecule has 1 fully saturated rings. The van der Waals surface area contributed by atoms with E-state index < -0.39 is 0 Å². The smallest absolute Gasteiger partial charge is 0.170 e. The summed E-state index contributed by atoms with van der Waals surface area (Å²) in [4.78, 5) is 0. The van der Waals surface area contributed by atoms with Crippen molar-refractivity contribution in [1.29, 1.82) is 0 Å². The Kier molecular flexibility index (Phi) is 3.08. The highest BCUT2D eigenvalue weighted by Crippen LogP contribution is 2.43. The van der Waals surface area contributed by atoms with Gasteiger partial charge in [0.05, 0.1) is 0 Å². The monoisotopic (exact) mass is 206 g/mol. The van der Waals surface area contributed by atoms with Crippen molar-refractivity contribution in [2.75, 3.05) is 14.2 Å². The highest BCUT2D eigenvalue weighted by molar-refractivity contribution is 5.16. The van der Waals surface area contributed by atoms with Gasteiger partial charge in [0.2, 0.25) is 0 Å². The second-order valence-corrected chi connectivity index (χ2v) is 4.15. The Labute approximate surface area is 91.2 Å². The first-order chi connectivity index (χ1) is 7.30. The summed E-state index contributed by atoms with van der Waals surface area (Å²) < 4.78 is 11.0. The van der Waals surface area contributed by atoms with Crippen molar-refractivity contribution < 1.29 is 9.47 Å². The van der Waals surface area contributed by atoms with Crippen molar-refractivity contribution in [1.82, 2.24) is 0 Å². The van der Waals surface area contributed by atoms with Crippen LogP contribution in [0.5, 0.6) is 0 Å². The molecule has 0 aliphatic heterocycles. The lowest BCUT2D eigenvalue weighted by Gasteiger charge is -2.47. The molecule has 15 heavy (non-hydrogen) atoms. The minimum Gasteiger partial charge on any atom is -0.353 e. The number of methoxy groups -OCH3 is 2. The van der Waals surface area contributed by atoms with E-state index in [2.05, 4.69) is 24.3 Å². The second-order valence-electron chi connectivity index (χ2n) is 4.15. The molecule has 1 unspecified atom stereocenters. The molecule has 2 heteroatoms. The lowest BCUT2D eigenvalue weighted by atomic mass is 9.74. The van der Waals surface area contributed by atoms with Crippen LogP contribution in [-0.4, -0.2) is 20.0 Å². The third-order valence-corrected chi connectivity index (χ3v) is 3.48. The summed E-state index contributed by atoms with van der Waals surface area (Å²) in [6.45, 7) is 0. The van der Waals surface area contributed by atoms with Gasteiger partial charge in [0.1, 0.15) is 0 Å². The third kappa shape index (κ3) is 1.92. The first-order valence-electron chi connectivity index (χ1n) is 5.45. The van der Waals surface area contributed by atoms with Crippen LogP contribution in [0, 0.1) is 5.92 Å². The molecule has 0 amide bonds. The Morgan fingerprint density at radius 2 is 1.87 bits per heavy atom. The number of hydrogen-bond acceptors (Lipinski definition) is 2. The molecular weight excluding hydrogens is 188 g/mol. The van der Waals surface area contributed by atoms with Gasteiger partial charge in [-0.2, -0.15) is 0 Å². The summed E-state index contributed by atoms with van der Waals surface area (Å²) in [5.41, 5.74) is 1.36. The van der Waals surface area contributed by atoms with E-state index >= 15 is 0 Å². The minimum absolute atomic E-state index is 0.324. The predicted octanol–water partition coefficient (Wildman–Crippen LogP) is 2.63. The Hall–Kier alpha value is -0.860. The van der Waals surface area contributed by atoms with Crippen LogP contribution in [0.25, 0.3) is 0 Å². The van der Waals surface area contributed by atoms with Crippen molar-refractivity contribution in [3.63, 3.8) is 0 Å². The summed E-state index contributed by atoms with van der Waals surface area (Å²) in [6, 6.07) is 10.5. The SMILES string of the molecule is COC1(OC)CCC1Cc1ccccc1. The van der Waals surface area contributed by atoms with Crippen LogP contribution in [0.2, 0.25) is 0 Å². The minimum atomic E-state index is -0.324. The van der Waals surface area contributed by atoms with E-state index in [4.69, 9.17) is 9.47 Å². The van der Waals surface area contributed by atoms with Crippen LogP contribution < -0.4 is 0 Å². The molecule has 1 aromatic rings. The molecule has 1 aliphatic carbocycles. The number of ether oxygens (including phenoxy) is 2. The maximum absolute atomic E-state index is 5.49. The fourth-order valence-corrected chi connectivity index (χ4v) is 2.36. The molecule has 82 valence electrons. The zero-order valence-electron chi connectivity index (χ0n) is 9.40. The highest BCUT2D eigenvalue weighted by atomic mass is 16.7. The van der Waals surface area contributed by atoms with Gasteiger partial charge in [-0.15, -0.1) is 0 Å². The molecule has 0 saturated heterocycles. The molecule has 0 radical (unpaired) electrons. The standard InChI is InChI=1S/C13H18O2/c1-14-13(15-2)9-8-12(13)10-11-6-4-3-5-7-11/h3-7,12H,8-10H2,1-2H3. The highest BCUT2D eigenvalue weighted by Gasteiger charge is 2.47. The topological polar surface area (TPSA) is 18.5 Å². The van der Waals surface area contributed by atoms with Crippen LogP contribution >= 0.6 is 0 Å². The molecular formula is C13H18O2. The summed E-state index contributed by atoms with van der Waals surface area (Å²) in [7, 11) is 3.47. The fourth-order valence-electron chi connectivity index (χ4n) is 2.36. The van der Waals surface area contributed by atoms with Gasteiger partial charge in [-0.3, -0.25) is 0 Å². The van der Waals surface area contributed by atoms with Crippen molar-refractivity contribution in [3.8, 4) is 0 Å². The second kappa shape index (κ2) is 4.33. The van der Waals surface area contributed by atoms with E-state index in [-0.39, 0.29) is 5.79 Å². The molecule has 1 aromatic carbocycles. The molecule has 2 nitrogen and oxygen atoms in total. The molecule has 0 heterocycles. The Balaban J connectivity index is 2.02. The van der Waals surface area contributed by atoms with E-state index in [1.807, 2.05) is 6.07 Å². The average molecular weight is 206 g/mol. The first kappa shape index (κ1) is 10.7. The van der Waals surface area contributed by atoms with E-state index in [0.29, 0.717) is 5.92 Å². The molecule has 1 saturated carbocycles. The van der Waals surface area contributed by atoms with Gasteiger partial charge in [0.25, 0.3) is 0 Å². The Bertz CT molecular complexity index is 298. The van der Waals surface area contributed by atoms with Gasteiger partial charge in [0.15, 0.2) is 5.79 Å². The molecule has 2 rings (SSSR count). The Morgan fingerprint density at radius 1 is 1.20 bits per heavy atom. The fraction of sp³-hybridized carbons (Fsp3) is 0.538. The molecule has 1 atom stereocenters. The number of benzene rings is 1. The van der Waals surface area contributed by atoms with Gasteiger partial charge in [-0.1, -0.05) is 30.3 Å². The zero-order chi connectivity index (χ0) is 10.7. The lowest BCUT2D eigenvalue weighted by molar-refractivity contribution is -0.286. The largest absolute Gasteiger partial charge is 0.353 e. The van der Waals surface area contributed by atoms with Crippen LogP contribution in [0.3, 0.4) is 0 Å². The molecule has 0 N–H and O–H groups in total. The zero-order valence-corrected chi connectivity index (χ0v) is 9.40. The van der Waals surface area contributed by atoms with Gasteiger partial charge < -0.3 is 9.47 Å². The van der Waals surface area contributed by atoms with E-state index in [1.165, 1.54) is 12.0 Å². The van der Waals surface area contributed by atoms with Crippen LogP contribution in [0.4, 0.5) is 0 Å². The summed E-state index contributed by atoms with van der Waals surface area (Å²) in [5, 5.41) is 0. The quantitative estimate of drug-likeness (QED) is 0.705. The van der Waals surface area contributed by atoms with E-state index in [1.54, 1.807) is 14.2 Å². The molecule has 0 aromatic heterocycles. The van der Waals surface area contributed by atoms with Crippen LogP contribution in [-0.2, 0) is 15.9 Å². The van der Waals surface area contributed by atoms with Crippen LogP contribution in [0.1, 0.15) is 18.4 Å². The predicted molar refractivity (Wildman–Crippen MR) is 59.6 cm³/mol. The van der Waals surface area contributed by atoms with Crippen molar-refractivity contribution in [2.24, 2.45) is 5.92 Å². The van der Waals surface area contributed by atoms with Crippen molar-refractivity contribution >= 4 is 0 Å². The van der Waals surface area contributed by atoms with Gasteiger partial charge >= 0.3 is 0 Å². The van der Waals surface area contributed by atoms with E-state index in [9.17, 15) is 0 Å². The van der Waals surface area contributed by atoms with Crippen molar-refractivity contribution in [2.45, 2.75) is 25.0 Å². The maximum Gasteiger partial charge on any atom is 0.170 e. The number of hydrogen-bond donors (Lipinski definition) is 0. The first-order valence-corrected chi connectivity index (χ1v) is 5.45. The molecule has 1 aliphatic rings. The number of rotatable bonds is 4. The van der Waals surface area contributed by atoms with Gasteiger partial charge in [-0.25, -0.2) is 0 Å². The lowest BCUT2D eigenvalue weighted by Crippen LogP contribution is -2.51. The summed E-state index contributed by atoms with van der Waals surface area (Å²) >= 11 is 0. The van der Waals surface area contributed by atoms with E-state index in [0.717, 1.165) is 12.8 Å². The maximum atomic E-state index is 5.49. The average Bonchev–Trinajstić information content (AvgIpc) is 2.28. The van der Waals surface area contributed by atoms with Gasteiger partial charge in [-0.05, 0) is 18.4 Å². The Morgan fingerprint density at radius 3 is 2.33 bits per heavy atom.